The minimum absolute atomic E-state index is 0.0402. The first-order valence-electron chi connectivity index (χ1n) is 12.2. The van der Waals surface area contributed by atoms with Crippen molar-refractivity contribution in [2.45, 2.75) is 13.0 Å². The number of Topliss-reactive ketones (excluding diaryl/α,β-unsaturated/α-hetero) is 1. The lowest BCUT2D eigenvalue weighted by molar-refractivity contribution is -0.108. The molecule has 1 aliphatic rings. The summed E-state index contributed by atoms with van der Waals surface area (Å²) in [5, 5.41) is 21.3. The van der Waals surface area contributed by atoms with Crippen molar-refractivity contribution in [3.63, 3.8) is 0 Å². The van der Waals surface area contributed by atoms with Gasteiger partial charge in [0.05, 0.1) is 37.8 Å². The van der Waals surface area contributed by atoms with E-state index in [0.29, 0.717) is 51.7 Å². The van der Waals surface area contributed by atoms with Crippen LogP contribution in [0.4, 0.5) is 0 Å². The number of nitrogens with zero attached hydrogens (tertiary/aromatic N) is 1. The van der Waals surface area contributed by atoms with Crippen molar-refractivity contribution in [2.24, 2.45) is 0 Å². The molecule has 2 N–H and O–H groups in total. The second-order valence-electron chi connectivity index (χ2n) is 8.93. The van der Waals surface area contributed by atoms with Crippen LogP contribution >= 0.6 is 0 Å². The molecule has 0 unspecified atom stereocenters. The number of carbonyl (C=O) groups is 1. The quantitative estimate of drug-likeness (QED) is 0.379. The Morgan fingerprint density at radius 3 is 1.79 bits per heavy atom. The zero-order valence-electron chi connectivity index (χ0n) is 21.4. The fourth-order valence-electron chi connectivity index (χ4n) is 4.81. The fraction of sp³-hybridized carbons (Fsp3) is 0.161. The molecule has 4 aromatic rings. The normalized spacial score (nSPS) is 12.7. The van der Waals surface area contributed by atoms with Gasteiger partial charge in [-0.2, -0.15) is 0 Å². The molecule has 0 spiro atoms. The Morgan fingerprint density at radius 2 is 1.26 bits per heavy atom. The van der Waals surface area contributed by atoms with Crippen LogP contribution < -0.4 is 24.8 Å². The lowest BCUT2D eigenvalue weighted by atomic mass is 9.92. The van der Waals surface area contributed by atoms with Gasteiger partial charge in [0, 0.05) is 11.8 Å². The largest absolute Gasteiger partial charge is 0.497 e. The molecule has 0 bridgehead atoms. The summed E-state index contributed by atoms with van der Waals surface area (Å²) in [7, 11) is 4.81. The van der Waals surface area contributed by atoms with Gasteiger partial charge in [0.25, 0.3) is 0 Å². The number of nitrogens with one attached hydrogen (secondary N) is 1. The monoisotopic (exact) mass is 508 g/mol. The summed E-state index contributed by atoms with van der Waals surface area (Å²) >= 11 is 0. The first-order valence-corrected chi connectivity index (χ1v) is 12.2. The second-order valence-corrected chi connectivity index (χ2v) is 8.93. The molecule has 192 valence electrons. The molecule has 0 radical (unpaired) electrons. The van der Waals surface area contributed by atoms with E-state index in [2.05, 4.69) is 0 Å². The number of hydrogen-bond donors (Lipinski definition) is 2. The van der Waals surface area contributed by atoms with Gasteiger partial charge >= 0.3 is 0 Å². The van der Waals surface area contributed by atoms with Gasteiger partial charge in [-0.05, 0) is 65.6 Å². The molecule has 3 aromatic carbocycles. The smallest absolute Gasteiger partial charge is 0.213 e. The highest BCUT2D eigenvalue weighted by atomic mass is 16.5. The van der Waals surface area contributed by atoms with E-state index < -0.39 is 5.78 Å². The highest BCUT2D eigenvalue weighted by Crippen LogP contribution is 2.29. The molecule has 0 saturated carbocycles. The number of ether oxygens (including phenoxy) is 3. The standard InChI is InChI=1S/C31H28N2O5/c1-36-22-10-4-19(5-11-22)16-17-33-29-25(27(31(33)35)20-6-12-23(37-2)13-7-20)18-26(32)30(34)28(29)21-8-14-24(38-3)15-9-21/h4-15,18,32,35H,16-17H2,1-3H3. The lowest BCUT2D eigenvalue weighted by Gasteiger charge is -2.14. The van der Waals surface area contributed by atoms with E-state index in [1.807, 2.05) is 48.5 Å². The number of aromatic nitrogens is 1. The summed E-state index contributed by atoms with van der Waals surface area (Å²) in [5.74, 6) is 1.77. The maximum atomic E-state index is 13.4. The van der Waals surface area contributed by atoms with Crippen molar-refractivity contribution in [1.82, 2.24) is 4.57 Å². The molecule has 1 heterocycles. The Labute approximate surface area is 220 Å². The third-order valence-corrected chi connectivity index (χ3v) is 6.81. The van der Waals surface area contributed by atoms with Crippen molar-refractivity contribution in [3.8, 4) is 34.3 Å². The van der Waals surface area contributed by atoms with Crippen molar-refractivity contribution < 1.29 is 24.1 Å². The Kier molecular flexibility index (Phi) is 6.75. The number of rotatable bonds is 8. The van der Waals surface area contributed by atoms with Gasteiger partial charge in [-0.1, -0.05) is 36.4 Å². The number of aryl methyl sites for hydroxylation is 1. The second kappa shape index (κ2) is 10.3. The number of benzene rings is 3. The summed E-state index contributed by atoms with van der Waals surface area (Å²) in [5.41, 5.74) is 3.28. The van der Waals surface area contributed by atoms with E-state index in [0.717, 1.165) is 16.9 Å². The van der Waals surface area contributed by atoms with Gasteiger partial charge in [-0.25, -0.2) is 0 Å². The predicted octanol–water partition coefficient (Wildman–Crippen LogP) is 3.71. The number of carbonyl (C=O) groups excluding carboxylic acids is 1. The van der Waals surface area contributed by atoms with E-state index in [-0.39, 0.29) is 11.6 Å². The highest BCUT2D eigenvalue weighted by Gasteiger charge is 2.28. The Balaban J connectivity index is 1.75. The fourth-order valence-corrected chi connectivity index (χ4v) is 4.81. The maximum absolute atomic E-state index is 13.4. The summed E-state index contributed by atoms with van der Waals surface area (Å²) in [6.45, 7) is 0.421. The van der Waals surface area contributed by atoms with Crippen LogP contribution in [0.1, 0.15) is 11.1 Å². The molecular weight excluding hydrogens is 480 g/mol. The Bertz CT molecular complexity index is 1630. The van der Waals surface area contributed by atoms with Crippen LogP contribution in [0.25, 0.3) is 22.8 Å². The molecule has 0 fully saturated rings. The minimum Gasteiger partial charge on any atom is -0.497 e. The number of ketones is 1. The van der Waals surface area contributed by atoms with E-state index in [1.54, 1.807) is 56.2 Å². The predicted molar refractivity (Wildman–Crippen MR) is 147 cm³/mol. The van der Waals surface area contributed by atoms with Crippen LogP contribution in [0.5, 0.6) is 23.1 Å². The van der Waals surface area contributed by atoms with Crippen LogP contribution in [0.3, 0.4) is 0 Å². The molecule has 0 amide bonds. The van der Waals surface area contributed by atoms with Crippen molar-refractivity contribution in [3.05, 3.63) is 94.5 Å². The van der Waals surface area contributed by atoms with Crippen LogP contribution in [0.2, 0.25) is 0 Å². The first-order chi connectivity index (χ1) is 18.4. The van der Waals surface area contributed by atoms with E-state index >= 15 is 0 Å². The molecule has 38 heavy (non-hydrogen) atoms. The van der Waals surface area contributed by atoms with Crippen molar-refractivity contribution >= 4 is 23.1 Å². The van der Waals surface area contributed by atoms with Gasteiger partial charge < -0.3 is 23.9 Å². The summed E-state index contributed by atoms with van der Waals surface area (Å²) in [4.78, 5) is 13.4. The molecule has 1 aliphatic carbocycles. The average Bonchev–Trinajstić information content (AvgIpc) is 3.23. The molecule has 5 rings (SSSR count). The molecule has 7 heteroatoms. The molecular formula is C31H28N2O5. The number of aromatic hydroxyl groups is 1. The Hall–Kier alpha value is -4.78. The van der Waals surface area contributed by atoms with E-state index in [1.165, 1.54) is 0 Å². The zero-order valence-corrected chi connectivity index (χ0v) is 21.4. The summed E-state index contributed by atoms with van der Waals surface area (Å²) in [6, 6.07) is 22.3. The van der Waals surface area contributed by atoms with Gasteiger partial charge in [-0.15, -0.1) is 0 Å². The first kappa shape index (κ1) is 24.9. The lowest BCUT2D eigenvalue weighted by Crippen LogP contribution is -2.41. The van der Waals surface area contributed by atoms with Crippen molar-refractivity contribution in [1.29, 1.82) is 5.41 Å². The van der Waals surface area contributed by atoms with Gasteiger partial charge in [0.15, 0.2) is 5.88 Å². The van der Waals surface area contributed by atoms with Crippen LogP contribution in [0, 0.1) is 5.41 Å². The van der Waals surface area contributed by atoms with Crippen LogP contribution in [-0.4, -0.2) is 42.5 Å². The third-order valence-electron chi connectivity index (χ3n) is 6.81. The summed E-state index contributed by atoms with van der Waals surface area (Å²) < 4.78 is 17.6. The third kappa shape index (κ3) is 4.43. The molecule has 1 aromatic heterocycles. The zero-order chi connectivity index (χ0) is 26.8. The molecule has 0 atom stereocenters. The van der Waals surface area contributed by atoms with Crippen LogP contribution in [-0.2, 0) is 17.8 Å². The van der Waals surface area contributed by atoms with Crippen LogP contribution in [0.15, 0.2) is 72.8 Å². The van der Waals surface area contributed by atoms with E-state index in [4.69, 9.17) is 19.6 Å². The molecule has 7 nitrogen and oxygen atoms in total. The maximum Gasteiger partial charge on any atom is 0.213 e. The minimum atomic E-state index is -0.396. The van der Waals surface area contributed by atoms with E-state index in [9.17, 15) is 9.90 Å². The van der Waals surface area contributed by atoms with Crippen molar-refractivity contribution in [2.75, 3.05) is 21.3 Å². The SMILES string of the molecule is COc1ccc(CCn2c(O)c(-c3ccc(OC)cc3)c3c2=C(c2ccc(OC)cc2)C(=O)C(=N)C=3)cc1. The number of fused-ring (bicyclic) bond motifs is 1. The molecule has 0 aliphatic heterocycles. The van der Waals surface area contributed by atoms with Gasteiger partial charge in [0.1, 0.15) is 23.0 Å². The van der Waals surface area contributed by atoms with Gasteiger partial charge in [0.2, 0.25) is 5.78 Å². The number of hydrogen-bond acceptors (Lipinski definition) is 6. The molecule has 0 saturated heterocycles. The topological polar surface area (TPSA) is 93.8 Å². The Morgan fingerprint density at radius 1 is 0.763 bits per heavy atom. The highest BCUT2D eigenvalue weighted by molar-refractivity contribution is 6.63. The average molecular weight is 509 g/mol. The summed E-state index contributed by atoms with van der Waals surface area (Å²) in [6.07, 6.45) is 2.16. The van der Waals surface area contributed by atoms with Gasteiger partial charge in [-0.3, -0.25) is 10.2 Å². The number of methoxy groups -OCH3 is 3.